The average molecular weight is 305 g/mol. The molecule has 0 saturated carbocycles. The largest absolute Gasteiger partial charge is 0.315 e. The number of nitrogens with zero attached hydrogens (tertiary/aromatic N) is 1. The molecule has 1 aromatic rings. The molecule has 2 N–H and O–H groups in total. The molecule has 0 fully saturated rings. The lowest BCUT2D eigenvalue weighted by Crippen LogP contribution is -2.41. The van der Waals surface area contributed by atoms with Gasteiger partial charge < -0.3 is 10.6 Å². The summed E-state index contributed by atoms with van der Waals surface area (Å²) in [5.41, 5.74) is 1.73. The van der Waals surface area contributed by atoms with E-state index in [0.717, 1.165) is 29.8 Å². The van der Waals surface area contributed by atoms with Crippen molar-refractivity contribution in [1.82, 2.24) is 5.32 Å². The summed E-state index contributed by atoms with van der Waals surface area (Å²) in [6, 6.07) is 2.27. The van der Waals surface area contributed by atoms with Gasteiger partial charge in [0.2, 0.25) is 5.91 Å². The molecule has 4 nitrogen and oxygen atoms in total. The van der Waals surface area contributed by atoms with Crippen LogP contribution in [0.15, 0.2) is 0 Å². The van der Waals surface area contributed by atoms with Crippen LogP contribution in [0.5, 0.6) is 0 Å². The Bertz CT molecular complexity index is 578. The van der Waals surface area contributed by atoms with Crippen LogP contribution in [0.3, 0.4) is 0 Å². The number of hydrogen-bond acceptors (Lipinski definition) is 4. The molecule has 0 saturated heterocycles. The van der Waals surface area contributed by atoms with Gasteiger partial charge in [-0.25, -0.2) is 0 Å². The molecule has 5 heteroatoms. The standard InChI is InChI=1S/C16H23N3OS/c1-10-5-6-11-12(8-17)15(21-13(11)7-10)19-14(20)9-18-16(2,3)4/h10,18H,5-7,9H2,1-4H3,(H,19,20)/t10-/m0/s1. The predicted molar refractivity (Wildman–Crippen MR) is 86.6 cm³/mol. The fraction of sp³-hybridized carbons (Fsp3) is 0.625. The van der Waals surface area contributed by atoms with Crippen molar-refractivity contribution in [2.45, 2.75) is 52.5 Å². The smallest absolute Gasteiger partial charge is 0.238 e. The Morgan fingerprint density at radius 3 is 2.81 bits per heavy atom. The fourth-order valence-electron chi connectivity index (χ4n) is 2.47. The van der Waals surface area contributed by atoms with E-state index in [9.17, 15) is 10.1 Å². The first-order chi connectivity index (χ1) is 9.80. The maximum absolute atomic E-state index is 12.0. The molecule has 114 valence electrons. The second-order valence-electron chi connectivity index (χ2n) is 6.82. The number of carbonyl (C=O) groups is 1. The van der Waals surface area contributed by atoms with Gasteiger partial charge in [-0.3, -0.25) is 4.79 Å². The van der Waals surface area contributed by atoms with Crippen LogP contribution in [-0.2, 0) is 17.6 Å². The van der Waals surface area contributed by atoms with Crippen molar-refractivity contribution >= 4 is 22.2 Å². The van der Waals surface area contributed by atoms with Crippen LogP contribution in [-0.4, -0.2) is 18.0 Å². The van der Waals surface area contributed by atoms with E-state index in [1.54, 1.807) is 11.3 Å². The van der Waals surface area contributed by atoms with Crippen LogP contribution < -0.4 is 10.6 Å². The molecule has 1 atom stereocenters. The minimum absolute atomic E-state index is 0.0897. The van der Waals surface area contributed by atoms with Gasteiger partial charge >= 0.3 is 0 Å². The molecule has 0 spiro atoms. The van der Waals surface area contributed by atoms with Gasteiger partial charge in [-0.2, -0.15) is 5.26 Å². The van der Waals surface area contributed by atoms with Crippen molar-refractivity contribution < 1.29 is 4.79 Å². The van der Waals surface area contributed by atoms with Crippen LogP contribution in [0.1, 0.15) is 50.1 Å². The van der Waals surface area contributed by atoms with E-state index in [1.807, 2.05) is 20.8 Å². The second kappa shape index (κ2) is 6.17. The molecule has 1 heterocycles. The molecule has 0 aromatic carbocycles. The third kappa shape index (κ3) is 4.05. The van der Waals surface area contributed by atoms with E-state index in [1.165, 1.54) is 4.88 Å². The first-order valence-electron chi connectivity index (χ1n) is 7.39. The number of rotatable bonds is 3. The number of anilines is 1. The Kier molecular flexibility index (Phi) is 4.70. The Morgan fingerprint density at radius 2 is 2.19 bits per heavy atom. The molecule has 0 aliphatic heterocycles. The summed E-state index contributed by atoms with van der Waals surface area (Å²) in [5, 5.41) is 16.2. The van der Waals surface area contributed by atoms with Gasteiger partial charge in [0.1, 0.15) is 11.1 Å². The predicted octanol–water partition coefficient (Wildman–Crippen LogP) is 3.07. The topological polar surface area (TPSA) is 64.9 Å². The van der Waals surface area contributed by atoms with Gasteiger partial charge in [-0.15, -0.1) is 11.3 Å². The third-order valence-electron chi connectivity index (χ3n) is 3.66. The maximum Gasteiger partial charge on any atom is 0.238 e. The summed E-state index contributed by atoms with van der Waals surface area (Å²) in [4.78, 5) is 13.3. The molecule has 0 unspecified atom stereocenters. The molecule has 21 heavy (non-hydrogen) atoms. The van der Waals surface area contributed by atoms with Crippen molar-refractivity contribution in [2.75, 3.05) is 11.9 Å². The van der Waals surface area contributed by atoms with E-state index < -0.39 is 0 Å². The van der Waals surface area contributed by atoms with Crippen LogP contribution in [0.25, 0.3) is 0 Å². The summed E-state index contributed by atoms with van der Waals surface area (Å²) in [6.45, 7) is 8.55. The first-order valence-corrected chi connectivity index (χ1v) is 8.21. The van der Waals surface area contributed by atoms with Gasteiger partial charge in [-0.05, 0) is 51.5 Å². The lowest BCUT2D eigenvalue weighted by atomic mass is 9.89. The fourth-order valence-corrected chi connectivity index (χ4v) is 3.85. The number of carbonyl (C=O) groups excluding carboxylic acids is 1. The van der Waals surface area contributed by atoms with E-state index in [0.29, 0.717) is 11.5 Å². The number of fused-ring (bicyclic) bond motifs is 1. The van der Waals surface area contributed by atoms with E-state index >= 15 is 0 Å². The number of amides is 1. The molecule has 0 radical (unpaired) electrons. The van der Waals surface area contributed by atoms with Gasteiger partial charge in [0.05, 0.1) is 12.1 Å². The van der Waals surface area contributed by atoms with Crippen molar-refractivity contribution in [3.8, 4) is 6.07 Å². The number of hydrogen-bond donors (Lipinski definition) is 2. The first kappa shape index (κ1) is 16.0. The lowest BCUT2D eigenvalue weighted by molar-refractivity contribution is -0.115. The van der Waals surface area contributed by atoms with E-state index in [4.69, 9.17) is 0 Å². The summed E-state index contributed by atoms with van der Waals surface area (Å²) in [6.07, 6.45) is 3.09. The minimum atomic E-state index is -0.0977. The zero-order valence-electron chi connectivity index (χ0n) is 13.2. The Labute approximate surface area is 130 Å². The third-order valence-corrected chi connectivity index (χ3v) is 4.83. The van der Waals surface area contributed by atoms with E-state index in [-0.39, 0.29) is 18.0 Å². The van der Waals surface area contributed by atoms with Gasteiger partial charge in [0, 0.05) is 10.4 Å². The van der Waals surface area contributed by atoms with Gasteiger partial charge in [0.25, 0.3) is 0 Å². The van der Waals surface area contributed by atoms with Crippen molar-refractivity contribution in [1.29, 1.82) is 5.26 Å². The highest BCUT2D eigenvalue weighted by Gasteiger charge is 2.24. The SMILES string of the molecule is C[C@H]1CCc2c(sc(NC(=O)CNC(C)(C)C)c2C#N)C1. The van der Waals surface area contributed by atoms with Gasteiger partial charge in [-0.1, -0.05) is 6.92 Å². The van der Waals surface area contributed by atoms with Crippen LogP contribution >= 0.6 is 11.3 Å². The summed E-state index contributed by atoms with van der Waals surface area (Å²) < 4.78 is 0. The van der Waals surface area contributed by atoms with Crippen LogP contribution in [0, 0.1) is 17.2 Å². The highest BCUT2D eigenvalue weighted by atomic mass is 32.1. The lowest BCUT2D eigenvalue weighted by Gasteiger charge is -2.19. The van der Waals surface area contributed by atoms with Crippen molar-refractivity contribution in [3.05, 3.63) is 16.0 Å². The summed E-state index contributed by atoms with van der Waals surface area (Å²) in [5.74, 6) is 0.571. The molecule has 2 rings (SSSR count). The number of nitrogens with one attached hydrogen (secondary N) is 2. The Hall–Kier alpha value is -1.38. The van der Waals surface area contributed by atoms with Gasteiger partial charge in [0.15, 0.2) is 0 Å². The summed E-state index contributed by atoms with van der Waals surface area (Å²) in [7, 11) is 0. The van der Waals surface area contributed by atoms with Crippen molar-refractivity contribution in [2.24, 2.45) is 5.92 Å². The maximum atomic E-state index is 12.0. The normalized spacial score (nSPS) is 18.0. The highest BCUT2D eigenvalue weighted by molar-refractivity contribution is 7.16. The molecule has 1 aliphatic rings. The molecule has 0 bridgehead atoms. The molecular formula is C16H23N3OS. The second-order valence-corrected chi connectivity index (χ2v) is 7.92. The van der Waals surface area contributed by atoms with E-state index in [2.05, 4.69) is 23.6 Å². The number of nitriles is 1. The Morgan fingerprint density at radius 1 is 1.48 bits per heavy atom. The molecule has 1 aliphatic carbocycles. The molecule has 1 amide bonds. The molecular weight excluding hydrogens is 282 g/mol. The van der Waals surface area contributed by atoms with Crippen LogP contribution in [0.4, 0.5) is 5.00 Å². The Balaban J connectivity index is 2.10. The van der Waals surface area contributed by atoms with Crippen LogP contribution in [0.2, 0.25) is 0 Å². The van der Waals surface area contributed by atoms with Crippen molar-refractivity contribution in [3.63, 3.8) is 0 Å². The highest BCUT2D eigenvalue weighted by Crippen LogP contribution is 2.39. The molecule has 1 aromatic heterocycles. The quantitative estimate of drug-likeness (QED) is 0.902. The monoisotopic (exact) mass is 305 g/mol. The summed E-state index contributed by atoms with van der Waals surface area (Å²) >= 11 is 1.57. The number of thiophene rings is 1. The zero-order valence-corrected chi connectivity index (χ0v) is 14.0. The zero-order chi connectivity index (χ0) is 15.6. The minimum Gasteiger partial charge on any atom is -0.315 e. The average Bonchev–Trinajstić information content (AvgIpc) is 2.71.